The first-order valence-electron chi connectivity index (χ1n) is 3.12. The molecule has 0 saturated carbocycles. The van der Waals surface area contributed by atoms with E-state index in [2.05, 4.69) is 4.98 Å². The summed E-state index contributed by atoms with van der Waals surface area (Å²) in [7, 11) is 0. The Balaban J connectivity index is 3.20. The van der Waals surface area contributed by atoms with Gasteiger partial charge in [-0.15, -0.1) is 0 Å². The molecular formula is C6H10N3O+. The second-order valence-corrected chi connectivity index (χ2v) is 1.99. The Morgan fingerprint density at radius 3 is 3.00 bits per heavy atom. The fraction of sp³-hybridized carbons (Fsp3) is 0.333. The maximum Gasteiger partial charge on any atom is 0.497 e. The Bertz CT molecular complexity index is 279. The molecule has 10 heavy (non-hydrogen) atoms. The second-order valence-electron chi connectivity index (χ2n) is 1.99. The highest BCUT2D eigenvalue weighted by atomic mass is 16.1. The molecular weight excluding hydrogens is 130 g/mol. The molecule has 0 fully saturated rings. The van der Waals surface area contributed by atoms with Crippen molar-refractivity contribution in [2.75, 3.05) is 5.73 Å². The second kappa shape index (κ2) is 2.51. The Hall–Kier alpha value is -1.32. The van der Waals surface area contributed by atoms with Gasteiger partial charge in [0.25, 0.3) is 0 Å². The van der Waals surface area contributed by atoms with Crippen LogP contribution in [-0.2, 0) is 6.54 Å². The summed E-state index contributed by atoms with van der Waals surface area (Å²) in [6.07, 6.45) is 1.66. The lowest BCUT2D eigenvalue weighted by atomic mass is 10.6. The van der Waals surface area contributed by atoms with Crippen molar-refractivity contribution in [3.8, 4) is 0 Å². The number of H-pyrrole nitrogens is 1. The molecule has 54 valence electrons. The van der Waals surface area contributed by atoms with E-state index in [9.17, 15) is 4.79 Å². The lowest BCUT2D eigenvalue weighted by Crippen LogP contribution is -2.50. The summed E-state index contributed by atoms with van der Waals surface area (Å²) in [6, 6.07) is 1.66. The van der Waals surface area contributed by atoms with Crippen LogP contribution in [0.3, 0.4) is 0 Å². The van der Waals surface area contributed by atoms with Gasteiger partial charge < -0.3 is 5.73 Å². The number of hydrogen-bond acceptors (Lipinski definition) is 2. The van der Waals surface area contributed by atoms with Gasteiger partial charge in [-0.25, -0.2) is 0 Å². The van der Waals surface area contributed by atoms with Crippen LogP contribution in [0.4, 0.5) is 5.82 Å². The Morgan fingerprint density at radius 1 is 1.80 bits per heavy atom. The molecule has 3 N–H and O–H groups in total. The lowest BCUT2D eigenvalue weighted by molar-refractivity contribution is -0.710. The van der Waals surface area contributed by atoms with Crippen molar-refractivity contribution >= 4 is 5.82 Å². The number of nitrogen functional groups attached to an aromatic ring is 1. The summed E-state index contributed by atoms with van der Waals surface area (Å²) >= 11 is 0. The van der Waals surface area contributed by atoms with Crippen molar-refractivity contribution in [1.82, 2.24) is 4.98 Å². The molecule has 0 unspecified atom stereocenters. The molecule has 0 amide bonds. The Morgan fingerprint density at radius 2 is 2.50 bits per heavy atom. The number of hydrogen-bond donors (Lipinski definition) is 2. The van der Waals surface area contributed by atoms with E-state index in [1.807, 2.05) is 6.92 Å². The number of nitrogens with one attached hydrogen (secondary N) is 1. The molecule has 0 aromatic carbocycles. The van der Waals surface area contributed by atoms with Crippen LogP contribution >= 0.6 is 0 Å². The molecule has 1 aromatic rings. The standard InChI is InChI=1S/C6H9N3O/c1-2-9-4-3-5(7)8-6(9)10/h3-4H,2H2,1H3,(H2,7,8,10)/p+1. The Labute approximate surface area is 58.3 Å². The smallest absolute Gasteiger partial charge is 0.366 e. The highest BCUT2D eigenvalue weighted by Gasteiger charge is 2.00. The number of nitrogens with zero attached hydrogens (tertiary/aromatic N) is 1. The summed E-state index contributed by atoms with van der Waals surface area (Å²) in [5.74, 6) is 0.398. The first kappa shape index (κ1) is 6.80. The summed E-state index contributed by atoms with van der Waals surface area (Å²) in [4.78, 5) is 13.4. The van der Waals surface area contributed by atoms with Crippen molar-refractivity contribution in [1.29, 1.82) is 0 Å². The number of aromatic nitrogens is 2. The van der Waals surface area contributed by atoms with Crippen molar-refractivity contribution in [2.45, 2.75) is 13.5 Å². The van der Waals surface area contributed by atoms with Gasteiger partial charge in [0.2, 0.25) is 0 Å². The largest absolute Gasteiger partial charge is 0.497 e. The minimum absolute atomic E-state index is 0.164. The van der Waals surface area contributed by atoms with Gasteiger partial charge in [0.1, 0.15) is 0 Å². The predicted molar refractivity (Wildman–Crippen MR) is 37.3 cm³/mol. The van der Waals surface area contributed by atoms with Crippen LogP contribution < -0.4 is 16.0 Å². The zero-order chi connectivity index (χ0) is 7.56. The normalized spacial score (nSPS) is 9.70. The summed E-state index contributed by atoms with van der Waals surface area (Å²) < 4.78 is 1.54. The number of anilines is 1. The van der Waals surface area contributed by atoms with Crippen LogP contribution in [0.2, 0.25) is 0 Å². The van der Waals surface area contributed by atoms with E-state index < -0.39 is 0 Å². The lowest BCUT2D eigenvalue weighted by Gasteiger charge is -1.90. The van der Waals surface area contributed by atoms with Crippen LogP contribution in [0.25, 0.3) is 0 Å². The summed E-state index contributed by atoms with van der Waals surface area (Å²) in [5.41, 5.74) is 5.15. The fourth-order valence-electron chi connectivity index (χ4n) is 0.724. The SMILES string of the molecule is CC[n+]1ccc(N)[nH]c1=O. The number of nitrogens with two attached hydrogens (primary N) is 1. The molecule has 0 saturated heterocycles. The fourth-order valence-corrected chi connectivity index (χ4v) is 0.724. The molecule has 1 rings (SSSR count). The van der Waals surface area contributed by atoms with Gasteiger partial charge in [-0.3, -0.25) is 0 Å². The van der Waals surface area contributed by atoms with Crippen molar-refractivity contribution in [2.24, 2.45) is 0 Å². The average Bonchev–Trinajstić information content (AvgIpc) is 1.88. The quantitative estimate of drug-likeness (QED) is 0.505. The van der Waals surface area contributed by atoms with E-state index in [-0.39, 0.29) is 5.69 Å². The van der Waals surface area contributed by atoms with E-state index in [0.29, 0.717) is 12.4 Å². The van der Waals surface area contributed by atoms with E-state index in [4.69, 9.17) is 5.73 Å². The minimum atomic E-state index is -0.164. The zero-order valence-electron chi connectivity index (χ0n) is 5.79. The summed E-state index contributed by atoms with van der Waals surface area (Å²) in [6.45, 7) is 2.56. The van der Waals surface area contributed by atoms with Gasteiger partial charge in [0, 0.05) is 6.07 Å². The van der Waals surface area contributed by atoms with Crippen molar-refractivity contribution in [3.63, 3.8) is 0 Å². The van der Waals surface area contributed by atoms with Gasteiger partial charge in [-0.2, -0.15) is 14.3 Å². The molecule has 1 heterocycles. The first-order valence-corrected chi connectivity index (χ1v) is 3.12. The van der Waals surface area contributed by atoms with Crippen LogP contribution in [0.15, 0.2) is 17.1 Å². The third-order valence-electron chi connectivity index (χ3n) is 1.29. The Kier molecular flexibility index (Phi) is 1.71. The molecule has 0 aliphatic carbocycles. The topological polar surface area (TPSA) is 62.8 Å². The van der Waals surface area contributed by atoms with Crippen molar-refractivity contribution in [3.05, 3.63) is 22.7 Å². The minimum Gasteiger partial charge on any atom is -0.366 e. The third kappa shape index (κ3) is 1.15. The molecule has 4 nitrogen and oxygen atoms in total. The van der Waals surface area contributed by atoms with Gasteiger partial charge in [-0.05, 0) is 6.92 Å². The third-order valence-corrected chi connectivity index (χ3v) is 1.29. The molecule has 0 spiro atoms. The number of rotatable bonds is 1. The van der Waals surface area contributed by atoms with Gasteiger partial charge in [-0.1, -0.05) is 0 Å². The van der Waals surface area contributed by atoms with Crippen LogP contribution in [0.1, 0.15) is 6.92 Å². The first-order chi connectivity index (χ1) is 4.74. The molecule has 0 aliphatic rings. The van der Waals surface area contributed by atoms with Crippen molar-refractivity contribution < 1.29 is 4.57 Å². The molecule has 0 radical (unpaired) electrons. The van der Waals surface area contributed by atoms with Crippen LogP contribution in [0.5, 0.6) is 0 Å². The molecule has 1 aromatic heterocycles. The van der Waals surface area contributed by atoms with E-state index in [0.717, 1.165) is 0 Å². The van der Waals surface area contributed by atoms with E-state index in [1.165, 1.54) is 4.57 Å². The van der Waals surface area contributed by atoms with Crippen LogP contribution in [-0.4, -0.2) is 4.98 Å². The zero-order valence-corrected chi connectivity index (χ0v) is 5.79. The van der Waals surface area contributed by atoms with Crippen LogP contribution in [0, 0.1) is 0 Å². The number of aromatic amines is 1. The predicted octanol–water partition coefficient (Wildman–Crippen LogP) is -0.736. The monoisotopic (exact) mass is 140 g/mol. The summed E-state index contributed by atoms with van der Waals surface area (Å²) in [5, 5.41) is 0. The van der Waals surface area contributed by atoms with E-state index in [1.54, 1.807) is 12.3 Å². The van der Waals surface area contributed by atoms with Gasteiger partial charge >= 0.3 is 5.69 Å². The molecule has 0 bridgehead atoms. The van der Waals surface area contributed by atoms with Gasteiger partial charge in [0.15, 0.2) is 5.82 Å². The van der Waals surface area contributed by atoms with E-state index >= 15 is 0 Å². The highest BCUT2D eigenvalue weighted by Crippen LogP contribution is 1.82. The molecule has 0 aliphatic heterocycles. The maximum atomic E-state index is 10.9. The molecule has 4 heteroatoms. The maximum absolute atomic E-state index is 10.9. The van der Waals surface area contributed by atoms with Gasteiger partial charge in [0.05, 0.1) is 12.7 Å². The highest BCUT2D eigenvalue weighted by molar-refractivity contribution is 5.21. The number of aryl methyl sites for hydroxylation is 1. The average molecular weight is 140 g/mol. The molecule has 0 atom stereocenters.